The number of unbranched alkanes of at least 4 members (excludes halogenated alkanes) is 1. The maximum atomic E-state index is 10.8. The quantitative estimate of drug-likeness (QED) is 0.526. The van der Waals surface area contributed by atoms with Crippen LogP contribution in [0.15, 0.2) is 42.5 Å². The van der Waals surface area contributed by atoms with Gasteiger partial charge in [0.1, 0.15) is 0 Å². The molecular formula is C17H24O2. The fraction of sp³-hybridized carbons (Fsp3) is 0.471. The Hall–Kier alpha value is -1.57. The van der Waals surface area contributed by atoms with Crippen molar-refractivity contribution in [1.82, 2.24) is 0 Å². The highest BCUT2D eigenvalue weighted by Crippen LogP contribution is 2.21. The highest BCUT2D eigenvalue weighted by molar-refractivity contribution is 5.85. The molecule has 0 aliphatic rings. The predicted molar refractivity (Wildman–Crippen MR) is 79.2 cm³/mol. The van der Waals surface area contributed by atoms with Crippen LogP contribution in [-0.2, 0) is 11.2 Å². The van der Waals surface area contributed by atoms with Crippen molar-refractivity contribution in [1.29, 1.82) is 0 Å². The Labute approximate surface area is 116 Å². The Kier molecular flexibility index (Phi) is 6.94. The van der Waals surface area contributed by atoms with Gasteiger partial charge in [-0.2, -0.15) is 0 Å². The number of carboxylic acid groups (broad SMARTS) is 1. The molecule has 0 aromatic heterocycles. The highest BCUT2D eigenvalue weighted by Gasteiger charge is 2.12. The van der Waals surface area contributed by atoms with Crippen molar-refractivity contribution in [3.05, 3.63) is 48.0 Å². The molecule has 19 heavy (non-hydrogen) atoms. The lowest BCUT2D eigenvalue weighted by molar-refractivity contribution is -0.132. The number of benzene rings is 1. The van der Waals surface area contributed by atoms with Crippen molar-refractivity contribution in [3.63, 3.8) is 0 Å². The molecule has 1 aromatic rings. The Morgan fingerprint density at radius 3 is 2.53 bits per heavy atom. The zero-order chi connectivity index (χ0) is 14.1. The molecule has 0 saturated carbocycles. The van der Waals surface area contributed by atoms with Crippen LogP contribution >= 0.6 is 0 Å². The van der Waals surface area contributed by atoms with Crippen LogP contribution in [0.1, 0.15) is 44.6 Å². The molecule has 2 nitrogen and oxygen atoms in total. The average Bonchev–Trinajstić information content (AvgIpc) is 2.43. The first-order chi connectivity index (χ1) is 9.13. The summed E-state index contributed by atoms with van der Waals surface area (Å²) in [6.45, 7) is 5.74. The second-order valence-corrected chi connectivity index (χ2v) is 5.12. The van der Waals surface area contributed by atoms with Crippen molar-refractivity contribution in [2.24, 2.45) is 5.92 Å². The fourth-order valence-electron chi connectivity index (χ4n) is 2.29. The summed E-state index contributed by atoms with van der Waals surface area (Å²) in [5.41, 5.74) is 1.72. The number of aryl methyl sites for hydroxylation is 1. The van der Waals surface area contributed by atoms with Gasteiger partial charge in [0, 0.05) is 5.57 Å². The maximum Gasteiger partial charge on any atom is 0.330 e. The van der Waals surface area contributed by atoms with E-state index in [9.17, 15) is 4.79 Å². The lowest BCUT2D eigenvalue weighted by atomic mass is 9.91. The van der Waals surface area contributed by atoms with Gasteiger partial charge in [0.15, 0.2) is 0 Å². The summed E-state index contributed by atoms with van der Waals surface area (Å²) in [6, 6.07) is 10.5. The zero-order valence-electron chi connectivity index (χ0n) is 11.8. The third-order valence-electron chi connectivity index (χ3n) is 3.59. The summed E-state index contributed by atoms with van der Waals surface area (Å²) in [6.07, 6.45) is 6.17. The smallest absolute Gasteiger partial charge is 0.330 e. The molecular weight excluding hydrogens is 236 g/mol. The molecule has 1 atom stereocenters. The fourth-order valence-corrected chi connectivity index (χ4v) is 2.29. The second kappa shape index (κ2) is 8.52. The lowest BCUT2D eigenvalue weighted by Gasteiger charge is -2.14. The van der Waals surface area contributed by atoms with Gasteiger partial charge in [-0.1, -0.05) is 63.1 Å². The van der Waals surface area contributed by atoms with Gasteiger partial charge in [0.05, 0.1) is 0 Å². The number of carboxylic acids is 1. The van der Waals surface area contributed by atoms with Gasteiger partial charge in [-0.05, 0) is 30.7 Å². The van der Waals surface area contributed by atoms with Crippen molar-refractivity contribution in [3.8, 4) is 0 Å². The minimum absolute atomic E-state index is 0.343. The highest BCUT2D eigenvalue weighted by atomic mass is 16.4. The maximum absolute atomic E-state index is 10.8. The van der Waals surface area contributed by atoms with E-state index in [0.717, 1.165) is 25.7 Å². The standard InChI is InChI=1S/C17H24O2/c1-3-15(13-14(2)17(18)19)9-7-8-12-16-10-5-4-6-11-16/h4-6,10-11,15H,2-3,7-9,12-13H2,1H3,(H,18,19). The van der Waals surface area contributed by atoms with E-state index in [1.54, 1.807) is 0 Å². The summed E-state index contributed by atoms with van der Waals surface area (Å²) in [5, 5.41) is 8.85. The Bertz CT molecular complexity index is 395. The lowest BCUT2D eigenvalue weighted by Crippen LogP contribution is -2.07. The van der Waals surface area contributed by atoms with Crippen molar-refractivity contribution >= 4 is 5.97 Å². The minimum atomic E-state index is -0.859. The molecule has 1 aromatic carbocycles. The first-order valence-electron chi connectivity index (χ1n) is 7.08. The summed E-state index contributed by atoms with van der Waals surface area (Å²) in [5.74, 6) is -0.401. The van der Waals surface area contributed by atoms with Crippen LogP contribution in [-0.4, -0.2) is 11.1 Å². The minimum Gasteiger partial charge on any atom is -0.478 e. The molecule has 0 fully saturated rings. The Balaban J connectivity index is 2.23. The van der Waals surface area contributed by atoms with E-state index in [0.29, 0.717) is 17.9 Å². The van der Waals surface area contributed by atoms with E-state index in [1.165, 1.54) is 12.0 Å². The van der Waals surface area contributed by atoms with Gasteiger partial charge in [-0.25, -0.2) is 4.79 Å². The van der Waals surface area contributed by atoms with Crippen LogP contribution in [0.25, 0.3) is 0 Å². The van der Waals surface area contributed by atoms with Crippen LogP contribution in [0.4, 0.5) is 0 Å². The van der Waals surface area contributed by atoms with Gasteiger partial charge >= 0.3 is 5.97 Å². The molecule has 2 heteroatoms. The predicted octanol–water partition coefficient (Wildman–Crippen LogP) is 4.46. The van der Waals surface area contributed by atoms with Crippen LogP contribution in [0, 0.1) is 5.92 Å². The normalized spacial score (nSPS) is 12.1. The Morgan fingerprint density at radius 1 is 1.26 bits per heavy atom. The van der Waals surface area contributed by atoms with E-state index < -0.39 is 5.97 Å². The summed E-state index contributed by atoms with van der Waals surface area (Å²) in [7, 11) is 0. The van der Waals surface area contributed by atoms with E-state index in [2.05, 4.69) is 37.8 Å². The number of hydrogen-bond acceptors (Lipinski definition) is 1. The van der Waals surface area contributed by atoms with Gasteiger partial charge in [-0.3, -0.25) is 0 Å². The average molecular weight is 260 g/mol. The van der Waals surface area contributed by atoms with Crippen molar-refractivity contribution in [2.75, 3.05) is 0 Å². The summed E-state index contributed by atoms with van der Waals surface area (Å²) < 4.78 is 0. The van der Waals surface area contributed by atoms with Crippen molar-refractivity contribution in [2.45, 2.75) is 45.4 Å². The molecule has 0 bridgehead atoms. The third kappa shape index (κ3) is 6.23. The third-order valence-corrected chi connectivity index (χ3v) is 3.59. The molecule has 0 aliphatic carbocycles. The molecule has 0 aliphatic heterocycles. The van der Waals surface area contributed by atoms with Gasteiger partial charge in [-0.15, -0.1) is 0 Å². The van der Waals surface area contributed by atoms with Gasteiger partial charge in [0.25, 0.3) is 0 Å². The number of aliphatic carboxylic acids is 1. The van der Waals surface area contributed by atoms with Crippen molar-refractivity contribution < 1.29 is 9.90 Å². The van der Waals surface area contributed by atoms with E-state index in [-0.39, 0.29) is 0 Å². The number of carbonyl (C=O) groups is 1. The first kappa shape index (κ1) is 15.5. The molecule has 0 amide bonds. The topological polar surface area (TPSA) is 37.3 Å². The SMILES string of the molecule is C=C(CC(CC)CCCCc1ccccc1)C(=O)O. The van der Waals surface area contributed by atoms with E-state index in [1.807, 2.05) is 6.07 Å². The van der Waals surface area contributed by atoms with Crippen LogP contribution in [0.5, 0.6) is 0 Å². The number of hydrogen-bond donors (Lipinski definition) is 1. The molecule has 1 unspecified atom stereocenters. The van der Waals surface area contributed by atoms with Crippen LogP contribution in [0.3, 0.4) is 0 Å². The van der Waals surface area contributed by atoms with E-state index in [4.69, 9.17) is 5.11 Å². The molecule has 0 heterocycles. The van der Waals surface area contributed by atoms with Gasteiger partial charge < -0.3 is 5.11 Å². The second-order valence-electron chi connectivity index (χ2n) is 5.12. The van der Waals surface area contributed by atoms with Crippen LogP contribution < -0.4 is 0 Å². The van der Waals surface area contributed by atoms with E-state index >= 15 is 0 Å². The number of rotatable bonds is 9. The molecule has 1 rings (SSSR count). The zero-order valence-corrected chi connectivity index (χ0v) is 11.8. The summed E-state index contributed by atoms with van der Waals surface area (Å²) >= 11 is 0. The largest absolute Gasteiger partial charge is 0.478 e. The molecule has 0 radical (unpaired) electrons. The molecule has 104 valence electrons. The summed E-state index contributed by atoms with van der Waals surface area (Å²) in [4.78, 5) is 10.8. The Morgan fingerprint density at radius 2 is 1.95 bits per heavy atom. The monoisotopic (exact) mass is 260 g/mol. The molecule has 0 saturated heterocycles. The van der Waals surface area contributed by atoms with Crippen LogP contribution in [0.2, 0.25) is 0 Å². The first-order valence-corrected chi connectivity index (χ1v) is 7.08. The van der Waals surface area contributed by atoms with Gasteiger partial charge in [0.2, 0.25) is 0 Å². The molecule has 1 N–H and O–H groups in total. The molecule has 0 spiro atoms.